The zero-order valence-corrected chi connectivity index (χ0v) is 10.0. The molecule has 0 atom stereocenters. The van der Waals surface area contributed by atoms with Crippen molar-refractivity contribution in [1.29, 1.82) is 0 Å². The van der Waals surface area contributed by atoms with Crippen molar-refractivity contribution in [3.8, 4) is 0 Å². The van der Waals surface area contributed by atoms with Crippen LogP contribution in [0.5, 0.6) is 0 Å². The van der Waals surface area contributed by atoms with Crippen LogP contribution in [0, 0.1) is 0 Å². The van der Waals surface area contributed by atoms with Crippen LogP contribution in [-0.4, -0.2) is 27.8 Å². The fourth-order valence-electron chi connectivity index (χ4n) is 2.22. The number of hydrogen-bond donors (Lipinski definition) is 3. The van der Waals surface area contributed by atoms with Gasteiger partial charge in [0.05, 0.1) is 0 Å². The molecule has 1 amide bonds. The van der Waals surface area contributed by atoms with Crippen LogP contribution in [0.4, 0.5) is 5.82 Å². The quantitative estimate of drug-likeness (QED) is 0.674. The van der Waals surface area contributed by atoms with Crippen molar-refractivity contribution in [3.05, 3.63) is 11.8 Å². The van der Waals surface area contributed by atoms with Gasteiger partial charge in [-0.3, -0.25) is 9.48 Å². The van der Waals surface area contributed by atoms with Gasteiger partial charge in [-0.25, -0.2) is 0 Å². The number of amides is 1. The zero-order chi connectivity index (χ0) is 12.4. The molecule has 1 fully saturated rings. The number of nitrogens with zero attached hydrogens (tertiary/aromatic N) is 2. The topological polar surface area (TPSA) is 99.0 Å². The Hall–Kier alpha value is -1.56. The first-order valence-electron chi connectivity index (χ1n) is 5.92. The molecule has 5 N–H and O–H groups in total. The van der Waals surface area contributed by atoms with E-state index in [-0.39, 0.29) is 18.0 Å². The Labute approximate surface area is 100 Å². The second-order valence-electron chi connectivity index (χ2n) is 4.66. The number of aromatic nitrogens is 2. The predicted molar refractivity (Wildman–Crippen MR) is 65.3 cm³/mol. The Kier molecular flexibility index (Phi) is 3.33. The van der Waals surface area contributed by atoms with Gasteiger partial charge in [0.1, 0.15) is 11.5 Å². The highest BCUT2D eigenvalue weighted by atomic mass is 16.2. The third-order valence-corrected chi connectivity index (χ3v) is 3.24. The predicted octanol–water partition coefficient (Wildman–Crippen LogP) is 0.00200. The average molecular weight is 237 g/mol. The summed E-state index contributed by atoms with van der Waals surface area (Å²) in [4.78, 5) is 12.0. The van der Waals surface area contributed by atoms with Crippen molar-refractivity contribution >= 4 is 11.7 Å². The number of carbonyl (C=O) groups excluding carboxylic acids is 1. The highest BCUT2D eigenvalue weighted by Gasteiger charge is 2.21. The zero-order valence-electron chi connectivity index (χ0n) is 10.0. The molecule has 6 nitrogen and oxygen atoms in total. The molecule has 0 radical (unpaired) electrons. The number of anilines is 1. The molecule has 6 heteroatoms. The van der Waals surface area contributed by atoms with Crippen molar-refractivity contribution in [2.24, 2.45) is 12.8 Å². The number of nitrogens with two attached hydrogens (primary N) is 2. The average Bonchev–Trinajstić information content (AvgIpc) is 2.61. The summed E-state index contributed by atoms with van der Waals surface area (Å²) in [5.74, 6) is 0.250. The molecular weight excluding hydrogens is 218 g/mol. The lowest BCUT2D eigenvalue weighted by Gasteiger charge is -2.26. The van der Waals surface area contributed by atoms with E-state index in [0.29, 0.717) is 11.5 Å². The fourth-order valence-corrected chi connectivity index (χ4v) is 2.22. The Balaban J connectivity index is 1.95. The van der Waals surface area contributed by atoms with Crippen LogP contribution >= 0.6 is 0 Å². The second kappa shape index (κ2) is 4.75. The van der Waals surface area contributed by atoms with Gasteiger partial charge >= 0.3 is 0 Å². The Morgan fingerprint density at radius 1 is 1.47 bits per heavy atom. The van der Waals surface area contributed by atoms with Crippen LogP contribution in [0.3, 0.4) is 0 Å². The summed E-state index contributed by atoms with van der Waals surface area (Å²) in [5, 5.41) is 6.95. The lowest BCUT2D eigenvalue weighted by molar-refractivity contribution is 0.0916. The SMILES string of the molecule is Cn1nc(N)cc1C(=O)NC1CCC(N)CC1. The number of nitrogen functional groups attached to an aromatic ring is 1. The first kappa shape index (κ1) is 11.9. The van der Waals surface area contributed by atoms with Crippen LogP contribution in [0.25, 0.3) is 0 Å². The summed E-state index contributed by atoms with van der Waals surface area (Å²) in [6.07, 6.45) is 3.83. The highest BCUT2D eigenvalue weighted by Crippen LogP contribution is 2.17. The first-order chi connectivity index (χ1) is 8.06. The molecule has 1 aromatic rings. The van der Waals surface area contributed by atoms with E-state index in [1.807, 2.05) is 0 Å². The lowest BCUT2D eigenvalue weighted by atomic mass is 9.92. The van der Waals surface area contributed by atoms with Gasteiger partial charge in [0.15, 0.2) is 0 Å². The van der Waals surface area contributed by atoms with Gasteiger partial charge in [-0.2, -0.15) is 5.10 Å². The molecule has 17 heavy (non-hydrogen) atoms. The number of rotatable bonds is 2. The first-order valence-corrected chi connectivity index (χ1v) is 5.92. The van der Waals surface area contributed by atoms with Crippen molar-refractivity contribution in [2.75, 3.05) is 5.73 Å². The number of hydrogen-bond acceptors (Lipinski definition) is 4. The van der Waals surface area contributed by atoms with Gasteiger partial charge in [0, 0.05) is 25.2 Å². The van der Waals surface area contributed by atoms with Gasteiger partial charge in [0.2, 0.25) is 0 Å². The minimum absolute atomic E-state index is 0.114. The maximum Gasteiger partial charge on any atom is 0.269 e. The lowest BCUT2D eigenvalue weighted by Crippen LogP contribution is -2.41. The van der Waals surface area contributed by atoms with Crippen LogP contribution < -0.4 is 16.8 Å². The second-order valence-corrected chi connectivity index (χ2v) is 4.66. The van der Waals surface area contributed by atoms with Crippen molar-refractivity contribution in [2.45, 2.75) is 37.8 Å². The summed E-state index contributed by atoms with van der Waals surface area (Å²) >= 11 is 0. The van der Waals surface area contributed by atoms with Crippen molar-refractivity contribution in [3.63, 3.8) is 0 Å². The standard InChI is InChI=1S/C11H19N5O/c1-16-9(6-10(13)15-16)11(17)14-8-4-2-7(12)3-5-8/h6-8H,2-5,12H2,1H3,(H2,13,15)(H,14,17). The number of aryl methyl sites for hydroxylation is 1. The molecule has 0 saturated heterocycles. The maximum absolute atomic E-state index is 12.0. The molecule has 0 spiro atoms. The third-order valence-electron chi connectivity index (χ3n) is 3.24. The van der Waals surface area contributed by atoms with Crippen molar-refractivity contribution in [1.82, 2.24) is 15.1 Å². The summed E-state index contributed by atoms with van der Waals surface area (Å²) in [6.45, 7) is 0. The third kappa shape index (κ3) is 2.76. The summed E-state index contributed by atoms with van der Waals surface area (Å²) < 4.78 is 1.50. The summed E-state index contributed by atoms with van der Waals surface area (Å²) in [5.41, 5.74) is 11.9. The maximum atomic E-state index is 12.0. The minimum Gasteiger partial charge on any atom is -0.382 e. The monoisotopic (exact) mass is 237 g/mol. The summed E-state index contributed by atoms with van der Waals surface area (Å²) in [6, 6.07) is 2.10. The van der Waals surface area contributed by atoms with E-state index in [9.17, 15) is 4.79 Å². The van der Waals surface area contributed by atoms with Gasteiger partial charge in [-0.05, 0) is 25.7 Å². The van der Waals surface area contributed by atoms with Crippen LogP contribution in [0.15, 0.2) is 6.07 Å². The number of carbonyl (C=O) groups is 1. The van der Waals surface area contributed by atoms with Gasteiger partial charge in [-0.1, -0.05) is 0 Å². The molecular formula is C11H19N5O. The summed E-state index contributed by atoms with van der Waals surface area (Å²) in [7, 11) is 1.71. The Morgan fingerprint density at radius 2 is 2.12 bits per heavy atom. The van der Waals surface area contributed by atoms with Crippen LogP contribution in [-0.2, 0) is 7.05 Å². The molecule has 1 heterocycles. The fraction of sp³-hybridized carbons (Fsp3) is 0.636. The van der Waals surface area contributed by atoms with E-state index in [1.165, 1.54) is 4.68 Å². The molecule has 0 unspecified atom stereocenters. The molecule has 1 aliphatic rings. The van der Waals surface area contributed by atoms with E-state index >= 15 is 0 Å². The largest absolute Gasteiger partial charge is 0.382 e. The van der Waals surface area contributed by atoms with Gasteiger partial charge in [0.25, 0.3) is 5.91 Å². The van der Waals surface area contributed by atoms with Gasteiger partial charge < -0.3 is 16.8 Å². The molecule has 1 aromatic heterocycles. The van der Waals surface area contributed by atoms with Crippen LogP contribution in [0.2, 0.25) is 0 Å². The highest BCUT2D eigenvalue weighted by molar-refractivity contribution is 5.93. The normalized spacial score (nSPS) is 24.6. The molecule has 0 aromatic carbocycles. The van der Waals surface area contributed by atoms with Crippen molar-refractivity contribution < 1.29 is 4.79 Å². The van der Waals surface area contributed by atoms with E-state index in [0.717, 1.165) is 25.7 Å². The van der Waals surface area contributed by atoms with Crippen LogP contribution in [0.1, 0.15) is 36.2 Å². The Bertz CT molecular complexity index is 406. The number of nitrogens with one attached hydrogen (secondary N) is 1. The van der Waals surface area contributed by atoms with E-state index < -0.39 is 0 Å². The minimum atomic E-state index is -0.114. The Morgan fingerprint density at radius 3 is 2.65 bits per heavy atom. The molecule has 0 bridgehead atoms. The molecule has 1 saturated carbocycles. The smallest absolute Gasteiger partial charge is 0.269 e. The molecule has 0 aliphatic heterocycles. The van der Waals surface area contributed by atoms with E-state index in [4.69, 9.17) is 11.5 Å². The van der Waals surface area contributed by atoms with E-state index in [2.05, 4.69) is 10.4 Å². The molecule has 1 aliphatic carbocycles. The molecule has 2 rings (SSSR count). The molecule has 94 valence electrons. The van der Waals surface area contributed by atoms with Gasteiger partial charge in [-0.15, -0.1) is 0 Å². The van der Waals surface area contributed by atoms with E-state index in [1.54, 1.807) is 13.1 Å².